The first-order chi connectivity index (χ1) is 9.96. The highest BCUT2D eigenvalue weighted by Crippen LogP contribution is 2.32. The molecule has 0 saturated heterocycles. The second-order valence-corrected chi connectivity index (χ2v) is 7.42. The summed E-state index contributed by atoms with van der Waals surface area (Å²) in [6.07, 6.45) is 5.19. The molecule has 1 aliphatic rings. The molecule has 118 valence electrons. The van der Waals surface area contributed by atoms with Crippen LogP contribution in [0.3, 0.4) is 0 Å². The van der Waals surface area contributed by atoms with Crippen molar-refractivity contribution in [3.63, 3.8) is 0 Å². The van der Waals surface area contributed by atoms with E-state index in [1.807, 2.05) is 6.92 Å². The highest BCUT2D eigenvalue weighted by Gasteiger charge is 2.31. The fraction of sp³-hybridized carbons (Fsp3) is 0.600. The van der Waals surface area contributed by atoms with Crippen molar-refractivity contribution < 1.29 is 13.2 Å². The third-order valence-corrected chi connectivity index (χ3v) is 5.94. The average molecular weight is 312 g/mol. The van der Waals surface area contributed by atoms with E-state index in [4.69, 9.17) is 10.5 Å². The second kappa shape index (κ2) is 6.66. The molecule has 1 aromatic rings. The minimum Gasteiger partial charge on any atom is -0.492 e. The zero-order valence-electron chi connectivity index (χ0n) is 12.7. The Morgan fingerprint density at radius 2 is 1.95 bits per heavy atom. The van der Waals surface area contributed by atoms with Gasteiger partial charge in [-0.1, -0.05) is 19.3 Å². The predicted molar refractivity (Wildman–Crippen MR) is 83.8 cm³/mol. The fourth-order valence-corrected chi connectivity index (χ4v) is 4.38. The Bertz CT molecular complexity index is 581. The molecule has 2 N–H and O–H groups in total. The lowest BCUT2D eigenvalue weighted by molar-refractivity contribution is 0.283. The van der Waals surface area contributed by atoms with Gasteiger partial charge in [-0.15, -0.1) is 0 Å². The Morgan fingerprint density at radius 1 is 1.29 bits per heavy atom. The molecule has 2 rings (SSSR count). The van der Waals surface area contributed by atoms with Crippen molar-refractivity contribution >= 4 is 15.7 Å². The summed E-state index contributed by atoms with van der Waals surface area (Å²) in [5.74, 6) is 0.370. The van der Waals surface area contributed by atoms with E-state index in [1.54, 1.807) is 19.2 Å². The van der Waals surface area contributed by atoms with Crippen LogP contribution < -0.4 is 10.5 Å². The smallest absolute Gasteiger partial charge is 0.246 e. The van der Waals surface area contributed by atoms with Crippen LogP contribution in [0.5, 0.6) is 5.75 Å². The van der Waals surface area contributed by atoms with Crippen LogP contribution in [0.25, 0.3) is 0 Å². The maximum Gasteiger partial charge on any atom is 0.246 e. The van der Waals surface area contributed by atoms with Gasteiger partial charge in [-0.05, 0) is 38.0 Å². The summed E-state index contributed by atoms with van der Waals surface area (Å²) in [5, 5.41) is 0. The molecule has 0 heterocycles. The summed E-state index contributed by atoms with van der Waals surface area (Å²) in [7, 11) is -1.93. The second-order valence-electron chi connectivity index (χ2n) is 5.45. The highest BCUT2D eigenvalue weighted by atomic mass is 32.2. The van der Waals surface area contributed by atoms with Crippen LogP contribution in [-0.4, -0.2) is 32.4 Å². The fourth-order valence-electron chi connectivity index (χ4n) is 2.80. The maximum atomic E-state index is 12.9. The van der Waals surface area contributed by atoms with E-state index in [9.17, 15) is 8.42 Å². The molecule has 1 aromatic carbocycles. The third kappa shape index (κ3) is 3.49. The van der Waals surface area contributed by atoms with Gasteiger partial charge in [0.1, 0.15) is 10.6 Å². The number of anilines is 1. The van der Waals surface area contributed by atoms with Crippen molar-refractivity contribution in [3.8, 4) is 5.75 Å². The standard InChI is InChI=1S/C15H24N2O3S/c1-3-20-14-10-9-12(16)11-15(14)21(18,19)17(2)13-7-5-4-6-8-13/h9-11,13H,3-8,16H2,1-2H3. The zero-order valence-corrected chi connectivity index (χ0v) is 13.5. The van der Waals surface area contributed by atoms with Crippen molar-refractivity contribution in [2.24, 2.45) is 0 Å². The zero-order chi connectivity index (χ0) is 15.5. The number of nitrogens with zero attached hydrogens (tertiary/aromatic N) is 1. The largest absolute Gasteiger partial charge is 0.492 e. The Hall–Kier alpha value is -1.27. The van der Waals surface area contributed by atoms with Crippen molar-refractivity contribution in [2.45, 2.75) is 50.0 Å². The van der Waals surface area contributed by atoms with Crippen LogP contribution in [0.2, 0.25) is 0 Å². The van der Waals surface area contributed by atoms with Gasteiger partial charge in [0.2, 0.25) is 10.0 Å². The molecule has 0 bridgehead atoms. The number of hydrogen-bond donors (Lipinski definition) is 1. The lowest BCUT2D eigenvalue weighted by atomic mass is 9.96. The van der Waals surface area contributed by atoms with Crippen LogP contribution >= 0.6 is 0 Å². The summed E-state index contributed by atoms with van der Waals surface area (Å²) in [4.78, 5) is 0.164. The highest BCUT2D eigenvalue weighted by molar-refractivity contribution is 7.89. The summed E-state index contributed by atoms with van der Waals surface area (Å²) in [5.41, 5.74) is 6.19. The monoisotopic (exact) mass is 312 g/mol. The van der Waals surface area contributed by atoms with E-state index in [1.165, 1.54) is 16.8 Å². The van der Waals surface area contributed by atoms with Crippen LogP contribution in [-0.2, 0) is 10.0 Å². The van der Waals surface area contributed by atoms with Gasteiger partial charge < -0.3 is 10.5 Å². The maximum absolute atomic E-state index is 12.9. The van der Waals surface area contributed by atoms with Crippen molar-refractivity contribution in [1.82, 2.24) is 4.31 Å². The number of rotatable bonds is 5. The molecule has 0 aliphatic heterocycles. The topological polar surface area (TPSA) is 72.6 Å². The summed E-state index contributed by atoms with van der Waals surface area (Å²) >= 11 is 0. The summed E-state index contributed by atoms with van der Waals surface area (Å²) in [6.45, 7) is 2.25. The van der Waals surface area contributed by atoms with E-state index in [0.717, 1.165) is 25.7 Å². The van der Waals surface area contributed by atoms with Gasteiger partial charge in [-0.25, -0.2) is 8.42 Å². The molecule has 0 spiro atoms. The van der Waals surface area contributed by atoms with Gasteiger partial charge >= 0.3 is 0 Å². The van der Waals surface area contributed by atoms with Crippen LogP contribution in [0.15, 0.2) is 23.1 Å². The first-order valence-electron chi connectivity index (χ1n) is 7.47. The Morgan fingerprint density at radius 3 is 2.57 bits per heavy atom. The number of nitrogen functional groups attached to an aromatic ring is 1. The third-order valence-electron chi connectivity index (χ3n) is 4.01. The number of hydrogen-bond acceptors (Lipinski definition) is 4. The van der Waals surface area contributed by atoms with Crippen molar-refractivity contribution in [3.05, 3.63) is 18.2 Å². The molecule has 5 nitrogen and oxygen atoms in total. The predicted octanol–water partition coefficient (Wildman–Crippen LogP) is 2.62. The molecule has 21 heavy (non-hydrogen) atoms. The molecule has 1 fully saturated rings. The van der Waals surface area contributed by atoms with Crippen LogP contribution in [0.1, 0.15) is 39.0 Å². The van der Waals surface area contributed by atoms with E-state index >= 15 is 0 Å². The van der Waals surface area contributed by atoms with Gasteiger partial charge in [-0.2, -0.15) is 4.31 Å². The molecule has 0 atom stereocenters. The number of nitrogens with two attached hydrogens (primary N) is 1. The van der Waals surface area contributed by atoms with Gasteiger partial charge in [0.05, 0.1) is 6.61 Å². The first-order valence-corrected chi connectivity index (χ1v) is 8.91. The van der Waals surface area contributed by atoms with E-state index in [2.05, 4.69) is 0 Å². The normalized spacial score (nSPS) is 17.1. The van der Waals surface area contributed by atoms with Crippen LogP contribution in [0, 0.1) is 0 Å². The molecule has 0 amide bonds. The van der Waals surface area contributed by atoms with E-state index < -0.39 is 10.0 Å². The average Bonchev–Trinajstić information content (AvgIpc) is 2.49. The number of sulfonamides is 1. The summed E-state index contributed by atoms with van der Waals surface area (Å²) < 4.78 is 32.7. The Labute approximate surface area is 127 Å². The van der Waals surface area contributed by atoms with Gasteiger partial charge in [0, 0.05) is 18.8 Å². The Kier molecular flexibility index (Phi) is 5.11. The molecule has 6 heteroatoms. The first kappa shape index (κ1) is 16.1. The molecule has 0 unspecified atom stereocenters. The van der Waals surface area contributed by atoms with E-state index in [0.29, 0.717) is 18.0 Å². The summed E-state index contributed by atoms with van der Waals surface area (Å²) in [6, 6.07) is 4.84. The van der Waals surface area contributed by atoms with Crippen molar-refractivity contribution in [2.75, 3.05) is 19.4 Å². The molecule has 0 aromatic heterocycles. The lowest BCUT2D eigenvalue weighted by Crippen LogP contribution is -2.38. The van der Waals surface area contributed by atoms with Gasteiger partial charge in [-0.3, -0.25) is 0 Å². The van der Waals surface area contributed by atoms with Gasteiger partial charge in [0.25, 0.3) is 0 Å². The van der Waals surface area contributed by atoms with Gasteiger partial charge in [0.15, 0.2) is 0 Å². The number of benzene rings is 1. The quantitative estimate of drug-likeness (QED) is 0.848. The molecule has 1 saturated carbocycles. The minimum absolute atomic E-state index is 0.0691. The SMILES string of the molecule is CCOc1ccc(N)cc1S(=O)(=O)N(C)C1CCCCC1. The number of ether oxygens (including phenoxy) is 1. The lowest BCUT2D eigenvalue weighted by Gasteiger charge is -2.30. The van der Waals surface area contributed by atoms with E-state index in [-0.39, 0.29) is 10.9 Å². The molecule has 1 aliphatic carbocycles. The molecular formula is C15H24N2O3S. The Balaban J connectivity index is 2.35. The minimum atomic E-state index is -3.59. The molecule has 0 radical (unpaired) electrons. The van der Waals surface area contributed by atoms with Crippen molar-refractivity contribution in [1.29, 1.82) is 0 Å². The molecular weight excluding hydrogens is 288 g/mol. The van der Waals surface area contributed by atoms with Crippen LogP contribution in [0.4, 0.5) is 5.69 Å².